The molecule has 0 unspecified atom stereocenters. The number of hydrogen-bond donors (Lipinski definition) is 1. The standard InChI is InChI=1S/C15H22N2O4/c18-13(16-9-3-4-10-16)7-1-2-8-14(19)17-11-5-6-12(17)15(20)21/h1-2,12H,3-11H2,(H,20,21)/b2-1+/t12-/m1/s1. The van der Waals surface area contributed by atoms with Crippen molar-refractivity contribution < 1.29 is 19.5 Å². The van der Waals surface area contributed by atoms with E-state index in [9.17, 15) is 14.4 Å². The molecule has 6 nitrogen and oxygen atoms in total. The molecule has 2 rings (SSSR count). The van der Waals surface area contributed by atoms with E-state index in [1.807, 2.05) is 4.90 Å². The summed E-state index contributed by atoms with van der Waals surface area (Å²) in [6, 6.07) is -0.683. The van der Waals surface area contributed by atoms with E-state index in [1.54, 1.807) is 12.2 Å². The molecule has 2 aliphatic heterocycles. The normalized spacial score (nSPS) is 22.2. The van der Waals surface area contributed by atoms with Gasteiger partial charge < -0.3 is 14.9 Å². The molecule has 0 aromatic heterocycles. The number of nitrogens with zero attached hydrogens (tertiary/aromatic N) is 2. The molecule has 0 spiro atoms. The molecule has 2 heterocycles. The highest BCUT2D eigenvalue weighted by atomic mass is 16.4. The fourth-order valence-electron chi connectivity index (χ4n) is 2.90. The zero-order valence-corrected chi connectivity index (χ0v) is 12.2. The van der Waals surface area contributed by atoms with Crippen molar-refractivity contribution in [2.45, 2.75) is 44.6 Å². The topological polar surface area (TPSA) is 77.9 Å². The van der Waals surface area contributed by atoms with Crippen molar-refractivity contribution >= 4 is 17.8 Å². The molecule has 2 aliphatic rings. The fourth-order valence-corrected chi connectivity index (χ4v) is 2.90. The van der Waals surface area contributed by atoms with E-state index in [2.05, 4.69) is 0 Å². The average molecular weight is 294 g/mol. The molecular weight excluding hydrogens is 272 g/mol. The van der Waals surface area contributed by atoms with Gasteiger partial charge in [-0.25, -0.2) is 4.79 Å². The number of amides is 2. The molecule has 21 heavy (non-hydrogen) atoms. The van der Waals surface area contributed by atoms with Crippen LogP contribution in [-0.2, 0) is 14.4 Å². The van der Waals surface area contributed by atoms with Gasteiger partial charge in [-0.05, 0) is 25.7 Å². The van der Waals surface area contributed by atoms with Crippen LogP contribution in [0.2, 0.25) is 0 Å². The number of carbonyl (C=O) groups is 3. The predicted octanol–water partition coefficient (Wildman–Crippen LogP) is 1.02. The Labute approximate surface area is 124 Å². The van der Waals surface area contributed by atoms with E-state index in [0.717, 1.165) is 32.4 Å². The lowest BCUT2D eigenvalue weighted by Crippen LogP contribution is -2.40. The molecule has 6 heteroatoms. The molecular formula is C15H22N2O4. The van der Waals surface area contributed by atoms with Crippen LogP contribution in [0.5, 0.6) is 0 Å². The van der Waals surface area contributed by atoms with Crippen molar-refractivity contribution in [1.82, 2.24) is 9.80 Å². The Kier molecular flexibility index (Phi) is 5.36. The van der Waals surface area contributed by atoms with Crippen molar-refractivity contribution in [3.8, 4) is 0 Å². The van der Waals surface area contributed by atoms with Crippen LogP contribution in [0.4, 0.5) is 0 Å². The van der Waals surface area contributed by atoms with Crippen LogP contribution in [0.1, 0.15) is 38.5 Å². The molecule has 0 aromatic rings. The van der Waals surface area contributed by atoms with Gasteiger partial charge in [-0.1, -0.05) is 12.2 Å². The Morgan fingerprint density at radius 3 is 2.19 bits per heavy atom. The highest BCUT2D eigenvalue weighted by Gasteiger charge is 2.33. The number of likely N-dealkylation sites (tertiary alicyclic amines) is 2. The second-order valence-electron chi connectivity index (χ2n) is 5.55. The predicted molar refractivity (Wildman–Crippen MR) is 76.6 cm³/mol. The summed E-state index contributed by atoms with van der Waals surface area (Å²) in [4.78, 5) is 38.1. The van der Waals surface area contributed by atoms with Crippen LogP contribution in [0, 0.1) is 0 Å². The third-order valence-corrected chi connectivity index (χ3v) is 4.07. The largest absolute Gasteiger partial charge is 0.480 e. The van der Waals surface area contributed by atoms with E-state index in [4.69, 9.17) is 5.11 Å². The van der Waals surface area contributed by atoms with Gasteiger partial charge in [0.25, 0.3) is 0 Å². The maximum atomic E-state index is 12.0. The number of carboxylic acid groups (broad SMARTS) is 1. The van der Waals surface area contributed by atoms with Crippen LogP contribution in [0.15, 0.2) is 12.2 Å². The lowest BCUT2D eigenvalue weighted by Gasteiger charge is -2.20. The molecule has 2 saturated heterocycles. The quantitative estimate of drug-likeness (QED) is 0.768. The first-order chi connectivity index (χ1) is 10.1. The molecule has 0 aliphatic carbocycles. The zero-order chi connectivity index (χ0) is 15.2. The summed E-state index contributed by atoms with van der Waals surface area (Å²) in [5, 5.41) is 9.04. The van der Waals surface area contributed by atoms with Gasteiger partial charge in [-0.3, -0.25) is 9.59 Å². The Bertz CT molecular complexity index is 441. The SMILES string of the molecule is O=C(O)[C@H]1CCCN1C(=O)C/C=C/CC(=O)N1CCCC1. The minimum Gasteiger partial charge on any atom is -0.480 e. The number of rotatable bonds is 5. The van der Waals surface area contributed by atoms with Crippen LogP contribution in [-0.4, -0.2) is 58.4 Å². The Morgan fingerprint density at radius 1 is 0.952 bits per heavy atom. The first kappa shape index (κ1) is 15.5. The number of carbonyl (C=O) groups excluding carboxylic acids is 2. The highest BCUT2D eigenvalue weighted by Crippen LogP contribution is 2.18. The summed E-state index contributed by atoms with van der Waals surface area (Å²) in [5.74, 6) is -1.01. The minimum atomic E-state index is -0.936. The molecule has 0 radical (unpaired) electrons. The molecule has 2 amide bonds. The number of aliphatic carboxylic acids is 1. The summed E-state index contributed by atoms with van der Waals surface area (Å²) in [7, 11) is 0. The van der Waals surface area contributed by atoms with Gasteiger partial charge in [-0.2, -0.15) is 0 Å². The molecule has 2 fully saturated rings. The van der Waals surface area contributed by atoms with Crippen molar-refractivity contribution in [3.05, 3.63) is 12.2 Å². The maximum absolute atomic E-state index is 12.0. The summed E-state index contributed by atoms with van der Waals surface area (Å²) in [5.41, 5.74) is 0. The summed E-state index contributed by atoms with van der Waals surface area (Å²) in [6.45, 7) is 2.18. The van der Waals surface area contributed by atoms with Gasteiger partial charge in [0.1, 0.15) is 6.04 Å². The molecule has 1 atom stereocenters. The van der Waals surface area contributed by atoms with Crippen molar-refractivity contribution in [2.75, 3.05) is 19.6 Å². The van der Waals surface area contributed by atoms with Gasteiger partial charge in [-0.15, -0.1) is 0 Å². The highest BCUT2D eigenvalue weighted by molar-refractivity contribution is 5.85. The van der Waals surface area contributed by atoms with Crippen molar-refractivity contribution in [3.63, 3.8) is 0 Å². The third-order valence-electron chi connectivity index (χ3n) is 4.07. The number of carboxylic acids is 1. The lowest BCUT2D eigenvalue weighted by molar-refractivity contribution is -0.147. The van der Waals surface area contributed by atoms with Gasteiger partial charge in [0, 0.05) is 32.5 Å². The van der Waals surface area contributed by atoms with E-state index in [0.29, 0.717) is 19.4 Å². The summed E-state index contributed by atoms with van der Waals surface area (Å²) < 4.78 is 0. The van der Waals surface area contributed by atoms with Gasteiger partial charge in [0.2, 0.25) is 11.8 Å². The van der Waals surface area contributed by atoms with Crippen molar-refractivity contribution in [1.29, 1.82) is 0 Å². The van der Waals surface area contributed by atoms with Crippen molar-refractivity contribution in [2.24, 2.45) is 0 Å². The van der Waals surface area contributed by atoms with E-state index in [-0.39, 0.29) is 18.2 Å². The van der Waals surface area contributed by atoms with Gasteiger partial charge in [0.15, 0.2) is 0 Å². The minimum absolute atomic E-state index is 0.0979. The average Bonchev–Trinajstić information content (AvgIpc) is 3.12. The Hall–Kier alpha value is -1.85. The van der Waals surface area contributed by atoms with Crippen LogP contribution < -0.4 is 0 Å². The number of hydrogen-bond acceptors (Lipinski definition) is 3. The second kappa shape index (κ2) is 7.24. The van der Waals surface area contributed by atoms with Gasteiger partial charge in [0.05, 0.1) is 0 Å². The van der Waals surface area contributed by atoms with E-state index < -0.39 is 12.0 Å². The third kappa shape index (κ3) is 4.06. The first-order valence-electron chi connectivity index (χ1n) is 7.54. The first-order valence-corrected chi connectivity index (χ1v) is 7.54. The smallest absolute Gasteiger partial charge is 0.326 e. The summed E-state index contributed by atoms with van der Waals surface area (Å²) in [6.07, 6.45) is 7.27. The monoisotopic (exact) mass is 294 g/mol. The molecule has 1 N–H and O–H groups in total. The van der Waals surface area contributed by atoms with Crippen LogP contribution in [0.25, 0.3) is 0 Å². The van der Waals surface area contributed by atoms with E-state index in [1.165, 1.54) is 4.90 Å². The van der Waals surface area contributed by atoms with E-state index >= 15 is 0 Å². The van der Waals surface area contributed by atoms with Crippen LogP contribution in [0.3, 0.4) is 0 Å². The fraction of sp³-hybridized carbons (Fsp3) is 0.667. The Balaban J connectivity index is 1.74. The zero-order valence-electron chi connectivity index (χ0n) is 12.2. The Morgan fingerprint density at radius 2 is 1.57 bits per heavy atom. The maximum Gasteiger partial charge on any atom is 0.326 e. The molecule has 116 valence electrons. The van der Waals surface area contributed by atoms with Crippen LogP contribution >= 0.6 is 0 Å². The lowest BCUT2D eigenvalue weighted by atomic mass is 10.2. The molecule has 0 aromatic carbocycles. The summed E-state index contributed by atoms with van der Waals surface area (Å²) >= 11 is 0. The molecule has 0 saturated carbocycles. The second-order valence-corrected chi connectivity index (χ2v) is 5.55. The van der Waals surface area contributed by atoms with Gasteiger partial charge >= 0.3 is 5.97 Å². The molecule has 0 bridgehead atoms.